The minimum Gasteiger partial charge on any atom is -0.394 e. The van der Waals surface area contributed by atoms with Crippen LogP contribution in [0.3, 0.4) is 0 Å². The van der Waals surface area contributed by atoms with Gasteiger partial charge in [-0.05, 0) is 59.1 Å². The van der Waals surface area contributed by atoms with Crippen LogP contribution in [0.1, 0.15) is 11.3 Å². The van der Waals surface area contributed by atoms with E-state index in [1.54, 1.807) is 6.92 Å². The van der Waals surface area contributed by atoms with E-state index in [9.17, 15) is 0 Å². The van der Waals surface area contributed by atoms with Crippen molar-refractivity contribution in [2.45, 2.75) is 13.8 Å². The lowest BCUT2D eigenvalue weighted by Gasteiger charge is -2.12. The third kappa shape index (κ3) is 2.73. The number of nitrogens with two attached hydrogens (primary N) is 1. The van der Waals surface area contributed by atoms with Gasteiger partial charge in [0.25, 0.3) is 0 Å². The van der Waals surface area contributed by atoms with Gasteiger partial charge in [-0.1, -0.05) is 6.07 Å². The highest BCUT2D eigenvalue weighted by Crippen LogP contribution is 2.29. The van der Waals surface area contributed by atoms with Gasteiger partial charge in [0.15, 0.2) is 5.82 Å². The predicted octanol–water partition coefficient (Wildman–Crippen LogP) is 3.84. The molecule has 0 aliphatic rings. The highest BCUT2D eigenvalue weighted by molar-refractivity contribution is 9.10. The number of rotatable bonds is 2. The van der Waals surface area contributed by atoms with Crippen molar-refractivity contribution < 1.29 is 0 Å². The van der Waals surface area contributed by atoms with Crippen molar-refractivity contribution >= 4 is 44.7 Å². The van der Waals surface area contributed by atoms with Gasteiger partial charge in [0, 0.05) is 4.47 Å². The van der Waals surface area contributed by atoms with Gasteiger partial charge < -0.3 is 11.1 Å². The van der Waals surface area contributed by atoms with Gasteiger partial charge in [0.1, 0.15) is 0 Å². The lowest BCUT2D eigenvalue weighted by molar-refractivity contribution is 1.11. The van der Waals surface area contributed by atoms with Gasteiger partial charge in [0.2, 0.25) is 5.28 Å². The quantitative estimate of drug-likeness (QED) is 0.823. The zero-order chi connectivity index (χ0) is 13.3. The van der Waals surface area contributed by atoms with Crippen LogP contribution < -0.4 is 11.1 Å². The lowest BCUT2D eigenvalue weighted by atomic mass is 10.2. The molecule has 1 aromatic heterocycles. The summed E-state index contributed by atoms with van der Waals surface area (Å²) < 4.78 is 0.930. The molecule has 0 amide bonds. The number of halogens is 2. The van der Waals surface area contributed by atoms with Crippen molar-refractivity contribution in [3.05, 3.63) is 39.2 Å². The Morgan fingerprint density at radius 3 is 2.72 bits per heavy atom. The van der Waals surface area contributed by atoms with Crippen LogP contribution in [0.4, 0.5) is 17.2 Å². The minimum atomic E-state index is 0.174. The third-order valence-corrected chi connectivity index (χ3v) is 3.34. The Balaban J connectivity index is 2.43. The molecule has 2 aromatic rings. The zero-order valence-corrected chi connectivity index (χ0v) is 12.3. The molecule has 94 valence electrons. The highest BCUT2D eigenvalue weighted by Gasteiger charge is 2.09. The maximum absolute atomic E-state index is 5.93. The Morgan fingerprint density at radius 1 is 1.28 bits per heavy atom. The molecule has 0 saturated heterocycles. The van der Waals surface area contributed by atoms with Crippen molar-refractivity contribution in [1.82, 2.24) is 9.97 Å². The molecule has 0 atom stereocenters. The predicted molar refractivity (Wildman–Crippen MR) is 78.4 cm³/mol. The Bertz CT molecular complexity index is 601. The second-order valence-electron chi connectivity index (χ2n) is 3.95. The fourth-order valence-electron chi connectivity index (χ4n) is 1.51. The number of nitrogen functional groups attached to an aromatic ring is 1. The average Bonchev–Trinajstić information content (AvgIpc) is 2.30. The number of anilines is 3. The number of aromatic nitrogens is 2. The molecule has 0 bridgehead atoms. The van der Waals surface area contributed by atoms with Crippen LogP contribution in [0.25, 0.3) is 0 Å². The van der Waals surface area contributed by atoms with Crippen LogP contribution in [0.5, 0.6) is 0 Å². The summed E-state index contributed by atoms with van der Waals surface area (Å²) in [5, 5.41) is 3.33. The van der Waals surface area contributed by atoms with Gasteiger partial charge in [-0.15, -0.1) is 0 Å². The molecule has 0 aliphatic carbocycles. The first kappa shape index (κ1) is 13.1. The van der Waals surface area contributed by atoms with E-state index in [1.165, 1.54) is 0 Å². The first-order chi connectivity index (χ1) is 8.47. The standard InChI is InChI=1S/C12H12BrClN4/c1-6-3-4-8(13)9(5-6)17-11-10(15)7(2)16-12(14)18-11/h3-5H,15H2,1-2H3,(H,16,17,18). The number of aryl methyl sites for hydroxylation is 2. The molecule has 3 N–H and O–H groups in total. The van der Waals surface area contributed by atoms with Gasteiger partial charge in [-0.3, -0.25) is 0 Å². The summed E-state index contributed by atoms with van der Waals surface area (Å²) >= 11 is 9.30. The number of benzene rings is 1. The first-order valence-electron chi connectivity index (χ1n) is 5.30. The second-order valence-corrected chi connectivity index (χ2v) is 5.14. The van der Waals surface area contributed by atoms with Crippen molar-refractivity contribution in [2.24, 2.45) is 0 Å². The zero-order valence-electron chi connectivity index (χ0n) is 9.96. The molecule has 0 unspecified atom stereocenters. The van der Waals surface area contributed by atoms with Gasteiger partial charge in [-0.25, -0.2) is 4.98 Å². The Morgan fingerprint density at radius 2 is 2.00 bits per heavy atom. The fourth-order valence-corrected chi connectivity index (χ4v) is 2.06. The summed E-state index contributed by atoms with van der Waals surface area (Å²) in [6.07, 6.45) is 0. The molecule has 6 heteroatoms. The van der Waals surface area contributed by atoms with Crippen LogP contribution in [0.2, 0.25) is 5.28 Å². The number of hydrogen-bond acceptors (Lipinski definition) is 4. The molecule has 0 aliphatic heterocycles. The van der Waals surface area contributed by atoms with Crippen LogP contribution in [0.15, 0.2) is 22.7 Å². The SMILES string of the molecule is Cc1ccc(Br)c(Nc2nc(Cl)nc(C)c2N)c1. The molecular formula is C12H12BrClN4. The van der Waals surface area contributed by atoms with Crippen molar-refractivity contribution in [3.8, 4) is 0 Å². The first-order valence-corrected chi connectivity index (χ1v) is 6.47. The summed E-state index contributed by atoms with van der Waals surface area (Å²) in [6, 6.07) is 5.97. The van der Waals surface area contributed by atoms with E-state index in [1.807, 2.05) is 25.1 Å². The van der Waals surface area contributed by atoms with E-state index in [0.29, 0.717) is 17.2 Å². The van der Waals surface area contributed by atoms with Crippen molar-refractivity contribution in [2.75, 3.05) is 11.1 Å². The summed E-state index contributed by atoms with van der Waals surface area (Å²) in [6.45, 7) is 3.80. The third-order valence-electron chi connectivity index (χ3n) is 2.48. The van der Waals surface area contributed by atoms with E-state index in [-0.39, 0.29) is 5.28 Å². The maximum Gasteiger partial charge on any atom is 0.224 e. The fraction of sp³-hybridized carbons (Fsp3) is 0.167. The molecule has 2 rings (SSSR count). The van der Waals surface area contributed by atoms with E-state index in [4.69, 9.17) is 17.3 Å². The lowest BCUT2D eigenvalue weighted by Crippen LogP contribution is -2.04. The van der Waals surface area contributed by atoms with Crippen molar-refractivity contribution in [3.63, 3.8) is 0 Å². The van der Waals surface area contributed by atoms with Gasteiger partial charge in [-0.2, -0.15) is 4.98 Å². The number of hydrogen-bond donors (Lipinski definition) is 2. The smallest absolute Gasteiger partial charge is 0.224 e. The van der Waals surface area contributed by atoms with E-state index >= 15 is 0 Å². The Hall–Kier alpha value is -1.33. The summed E-state index contributed by atoms with van der Waals surface area (Å²) in [4.78, 5) is 8.09. The highest BCUT2D eigenvalue weighted by atomic mass is 79.9. The molecule has 1 aromatic carbocycles. The molecule has 0 fully saturated rings. The maximum atomic E-state index is 5.93. The molecule has 0 saturated carbocycles. The van der Waals surface area contributed by atoms with Crippen LogP contribution in [0, 0.1) is 13.8 Å². The normalized spacial score (nSPS) is 10.4. The monoisotopic (exact) mass is 326 g/mol. The van der Waals surface area contributed by atoms with E-state index < -0.39 is 0 Å². The summed E-state index contributed by atoms with van der Waals surface area (Å²) in [5.41, 5.74) is 9.09. The molecule has 1 heterocycles. The summed E-state index contributed by atoms with van der Waals surface area (Å²) in [7, 11) is 0. The van der Waals surface area contributed by atoms with Crippen LogP contribution >= 0.6 is 27.5 Å². The average molecular weight is 328 g/mol. The molecule has 0 spiro atoms. The second kappa shape index (κ2) is 5.12. The largest absolute Gasteiger partial charge is 0.394 e. The Labute approximate surface area is 119 Å². The van der Waals surface area contributed by atoms with Gasteiger partial charge in [0.05, 0.1) is 17.1 Å². The summed E-state index contributed by atoms with van der Waals surface area (Å²) in [5.74, 6) is 0.513. The van der Waals surface area contributed by atoms with Gasteiger partial charge >= 0.3 is 0 Å². The molecule has 4 nitrogen and oxygen atoms in total. The number of nitrogens with zero attached hydrogens (tertiary/aromatic N) is 2. The van der Waals surface area contributed by atoms with Crippen molar-refractivity contribution in [1.29, 1.82) is 0 Å². The molecular weight excluding hydrogens is 316 g/mol. The molecule has 18 heavy (non-hydrogen) atoms. The van der Waals surface area contributed by atoms with E-state index in [0.717, 1.165) is 15.7 Å². The molecule has 0 radical (unpaired) electrons. The van der Waals surface area contributed by atoms with Crippen LogP contribution in [-0.2, 0) is 0 Å². The Kier molecular flexibility index (Phi) is 3.73. The minimum absolute atomic E-state index is 0.174. The van der Waals surface area contributed by atoms with Crippen LogP contribution in [-0.4, -0.2) is 9.97 Å². The number of nitrogens with one attached hydrogen (secondary N) is 1. The topological polar surface area (TPSA) is 63.8 Å². The van der Waals surface area contributed by atoms with E-state index in [2.05, 4.69) is 31.2 Å².